The van der Waals surface area contributed by atoms with Crippen LogP contribution in [0.4, 0.5) is 0 Å². The average Bonchev–Trinajstić information content (AvgIpc) is 2.35. The van der Waals surface area contributed by atoms with Gasteiger partial charge in [0, 0.05) is 20.3 Å². The van der Waals surface area contributed by atoms with Gasteiger partial charge in [0.25, 0.3) is 0 Å². The fourth-order valence-electron chi connectivity index (χ4n) is 1.95. The van der Waals surface area contributed by atoms with Crippen LogP contribution in [0.5, 0.6) is 0 Å². The number of amides is 1. The van der Waals surface area contributed by atoms with E-state index in [0.29, 0.717) is 24.4 Å². The number of nitrogens with one attached hydrogen (secondary N) is 1. The Morgan fingerprint density at radius 1 is 1.28 bits per heavy atom. The van der Waals surface area contributed by atoms with Crippen LogP contribution in [-0.2, 0) is 9.53 Å². The van der Waals surface area contributed by atoms with Crippen LogP contribution in [0.2, 0.25) is 0 Å². The van der Waals surface area contributed by atoms with E-state index in [9.17, 15) is 4.79 Å². The van der Waals surface area contributed by atoms with Gasteiger partial charge in [-0.05, 0) is 32.1 Å². The maximum absolute atomic E-state index is 12.2. The van der Waals surface area contributed by atoms with Crippen molar-refractivity contribution in [3.05, 3.63) is 0 Å². The molecule has 0 radical (unpaired) electrons. The predicted octanol–water partition coefficient (Wildman–Crippen LogP) is 2.01. The molecule has 0 aromatic rings. The number of thiocarbonyl (C=S) groups is 1. The van der Waals surface area contributed by atoms with Crippen LogP contribution in [0, 0.1) is 5.41 Å². The van der Waals surface area contributed by atoms with Crippen LogP contribution >= 0.6 is 12.2 Å². The Morgan fingerprint density at radius 3 is 2.33 bits per heavy atom. The number of rotatable bonds is 10. The summed E-state index contributed by atoms with van der Waals surface area (Å²) in [6, 6.07) is 0. The topological polar surface area (TPSA) is 64.3 Å². The van der Waals surface area contributed by atoms with Crippen molar-refractivity contribution < 1.29 is 9.53 Å². The molecule has 0 spiro atoms. The highest BCUT2D eigenvalue weighted by molar-refractivity contribution is 7.80. The number of methoxy groups -OCH3 is 1. The highest BCUT2D eigenvalue weighted by Crippen LogP contribution is 2.27. The zero-order valence-electron chi connectivity index (χ0n) is 11.8. The molecule has 0 saturated heterocycles. The lowest BCUT2D eigenvalue weighted by Gasteiger charge is -2.28. The second-order valence-corrected chi connectivity index (χ2v) is 4.90. The molecule has 0 heterocycles. The average molecular weight is 274 g/mol. The number of carbonyl (C=O) groups excluding carboxylic acids is 1. The summed E-state index contributed by atoms with van der Waals surface area (Å²) < 4.78 is 4.97. The normalized spacial score (nSPS) is 11.3. The van der Waals surface area contributed by atoms with Gasteiger partial charge in [0.2, 0.25) is 5.91 Å². The summed E-state index contributed by atoms with van der Waals surface area (Å²) in [7, 11) is 1.70. The first-order valence-electron chi connectivity index (χ1n) is 6.62. The highest BCUT2D eigenvalue weighted by Gasteiger charge is 2.37. The molecule has 0 aliphatic heterocycles. The standard InChI is InChI=1S/C13H26N2O2S/c1-4-13(5-2,11(14)18)12(16)15-9-7-6-8-10-17-3/h4-10H2,1-3H3,(H2,14,18)(H,15,16). The fourth-order valence-corrected chi connectivity index (χ4v) is 2.33. The Balaban J connectivity index is 4.09. The second-order valence-electron chi connectivity index (χ2n) is 4.46. The van der Waals surface area contributed by atoms with Crippen molar-refractivity contribution in [2.45, 2.75) is 46.0 Å². The molecule has 0 atom stereocenters. The maximum Gasteiger partial charge on any atom is 0.233 e. The third-order valence-electron chi connectivity index (χ3n) is 3.42. The van der Waals surface area contributed by atoms with Crippen molar-refractivity contribution in [2.75, 3.05) is 20.3 Å². The minimum atomic E-state index is -0.679. The van der Waals surface area contributed by atoms with Gasteiger partial charge in [-0.2, -0.15) is 0 Å². The molecule has 3 N–H and O–H groups in total. The number of nitrogens with two attached hydrogens (primary N) is 1. The first kappa shape index (κ1) is 17.3. The van der Waals surface area contributed by atoms with Gasteiger partial charge >= 0.3 is 0 Å². The van der Waals surface area contributed by atoms with Crippen molar-refractivity contribution in [1.29, 1.82) is 0 Å². The number of hydrogen-bond acceptors (Lipinski definition) is 3. The third kappa shape index (κ3) is 4.90. The van der Waals surface area contributed by atoms with Gasteiger partial charge in [-0.25, -0.2) is 0 Å². The summed E-state index contributed by atoms with van der Waals surface area (Å²) in [5.74, 6) is -0.0354. The van der Waals surface area contributed by atoms with Gasteiger partial charge in [0.1, 0.15) is 0 Å². The quantitative estimate of drug-likeness (QED) is 0.472. The molecule has 0 bridgehead atoms. The van der Waals surface area contributed by atoms with Crippen LogP contribution < -0.4 is 11.1 Å². The lowest BCUT2D eigenvalue weighted by Crippen LogP contribution is -2.48. The molecule has 4 nitrogen and oxygen atoms in total. The molecule has 0 aliphatic carbocycles. The summed E-state index contributed by atoms with van der Waals surface area (Å²) in [4.78, 5) is 12.5. The van der Waals surface area contributed by atoms with Gasteiger partial charge in [-0.15, -0.1) is 0 Å². The zero-order chi connectivity index (χ0) is 14.0. The molecule has 0 aromatic carbocycles. The molecule has 0 aliphatic rings. The smallest absolute Gasteiger partial charge is 0.233 e. The van der Waals surface area contributed by atoms with E-state index in [1.807, 2.05) is 13.8 Å². The third-order valence-corrected chi connectivity index (χ3v) is 3.81. The molecule has 0 fully saturated rings. The van der Waals surface area contributed by atoms with E-state index in [4.69, 9.17) is 22.7 Å². The first-order chi connectivity index (χ1) is 8.55. The zero-order valence-corrected chi connectivity index (χ0v) is 12.6. The van der Waals surface area contributed by atoms with Gasteiger partial charge in [-0.1, -0.05) is 26.1 Å². The van der Waals surface area contributed by atoms with E-state index in [2.05, 4.69) is 5.32 Å². The molecule has 0 unspecified atom stereocenters. The van der Waals surface area contributed by atoms with E-state index in [1.54, 1.807) is 7.11 Å². The molecular weight excluding hydrogens is 248 g/mol. The van der Waals surface area contributed by atoms with Gasteiger partial charge in [0.05, 0.1) is 10.4 Å². The summed E-state index contributed by atoms with van der Waals surface area (Å²) in [5, 5.41) is 2.94. The minimum Gasteiger partial charge on any atom is -0.392 e. The monoisotopic (exact) mass is 274 g/mol. The SMILES string of the molecule is CCC(CC)(C(=O)NCCCCCOC)C(N)=S. The lowest BCUT2D eigenvalue weighted by molar-refractivity contribution is -0.127. The van der Waals surface area contributed by atoms with Crippen LogP contribution in [0.25, 0.3) is 0 Å². The fraction of sp³-hybridized carbons (Fsp3) is 0.846. The number of hydrogen-bond donors (Lipinski definition) is 2. The van der Waals surface area contributed by atoms with Crippen molar-refractivity contribution in [3.8, 4) is 0 Å². The van der Waals surface area contributed by atoms with Gasteiger partial charge in [0.15, 0.2) is 0 Å². The molecule has 18 heavy (non-hydrogen) atoms. The van der Waals surface area contributed by atoms with E-state index in [0.717, 1.165) is 25.9 Å². The maximum atomic E-state index is 12.2. The van der Waals surface area contributed by atoms with Gasteiger partial charge in [-0.3, -0.25) is 4.79 Å². The van der Waals surface area contributed by atoms with E-state index < -0.39 is 5.41 Å². The molecule has 5 heteroatoms. The summed E-state index contributed by atoms with van der Waals surface area (Å²) in [6.07, 6.45) is 4.32. The molecule has 0 saturated carbocycles. The Morgan fingerprint density at radius 2 is 1.89 bits per heavy atom. The molecule has 0 aromatic heterocycles. The molecule has 0 rings (SSSR count). The number of ether oxygens (including phenoxy) is 1. The van der Waals surface area contributed by atoms with Crippen molar-refractivity contribution in [2.24, 2.45) is 11.1 Å². The summed E-state index contributed by atoms with van der Waals surface area (Å²) in [5.41, 5.74) is 5.04. The van der Waals surface area contributed by atoms with Crippen molar-refractivity contribution in [1.82, 2.24) is 5.32 Å². The predicted molar refractivity (Wildman–Crippen MR) is 78.5 cm³/mol. The minimum absolute atomic E-state index is 0.0354. The Bertz CT molecular complexity index is 266. The first-order valence-corrected chi connectivity index (χ1v) is 7.03. The van der Waals surface area contributed by atoms with E-state index >= 15 is 0 Å². The molecule has 1 amide bonds. The largest absolute Gasteiger partial charge is 0.392 e. The van der Waals surface area contributed by atoms with Crippen LogP contribution in [-0.4, -0.2) is 31.2 Å². The van der Waals surface area contributed by atoms with Crippen LogP contribution in [0.15, 0.2) is 0 Å². The van der Waals surface area contributed by atoms with E-state index in [-0.39, 0.29) is 5.91 Å². The summed E-state index contributed by atoms with van der Waals surface area (Å²) >= 11 is 5.04. The highest BCUT2D eigenvalue weighted by atomic mass is 32.1. The van der Waals surface area contributed by atoms with Gasteiger partial charge < -0.3 is 15.8 Å². The molecular formula is C13H26N2O2S. The Labute approximate surface area is 116 Å². The number of unbranched alkanes of at least 4 members (excludes halogenated alkanes) is 2. The van der Waals surface area contributed by atoms with Crippen LogP contribution in [0.3, 0.4) is 0 Å². The van der Waals surface area contributed by atoms with Crippen molar-refractivity contribution in [3.63, 3.8) is 0 Å². The molecule has 106 valence electrons. The van der Waals surface area contributed by atoms with Crippen LogP contribution in [0.1, 0.15) is 46.0 Å². The summed E-state index contributed by atoms with van der Waals surface area (Å²) in [6.45, 7) is 5.34. The lowest BCUT2D eigenvalue weighted by atomic mass is 9.81. The Hall–Kier alpha value is -0.680. The van der Waals surface area contributed by atoms with Crippen molar-refractivity contribution >= 4 is 23.1 Å². The Kier molecular flexibility index (Phi) is 8.93. The van der Waals surface area contributed by atoms with E-state index in [1.165, 1.54) is 0 Å². The second kappa shape index (κ2) is 9.28. The number of carbonyl (C=O) groups is 1.